The van der Waals surface area contributed by atoms with Crippen LogP contribution in [0.15, 0.2) is 53.6 Å². The van der Waals surface area contributed by atoms with E-state index in [4.69, 9.17) is 9.47 Å². The number of nitrogens with one attached hydrogen (secondary N) is 1. The molecule has 1 amide bonds. The van der Waals surface area contributed by atoms with Crippen LogP contribution < -0.4 is 14.9 Å². The Morgan fingerprint density at radius 2 is 1.76 bits per heavy atom. The van der Waals surface area contributed by atoms with Gasteiger partial charge in [-0.3, -0.25) is 14.9 Å². The first-order chi connectivity index (χ1) is 12.0. The van der Waals surface area contributed by atoms with Crippen LogP contribution in [0.25, 0.3) is 0 Å². The predicted octanol–water partition coefficient (Wildman–Crippen LogP) is 2.52. The molecule has 0 aromatic heterocycles. The first-order valence-corrected chi connectivity index (χ1v) is 7.37. The van der Waals surface area contributed by atoms with Gasteiger partial charge in [-0.15, -0.1) is 0 Å². The lowest BCUT2D eigenvalue weighted by Crippen LogP contribution is -2.33. The zero-order chi connectivity index (χ0) is 18.2. The standard InChI is InChI=1S/C17H17N3O5/c1-12(25-16-9-7-15(24-2)8-10-16)17(21)19-18-11-13-3-5-14(6-4-13)20(22)23/h3-12H,1-2H3,(H,19,21). The molecule has 2 aromatic rings. The normalized spacial score (nSPS) is 11.8. The second-order valence-corrected chi connectivity index (χ2v) is 5.02. The summed E-state index contributed by atoms with van der Waals surface area (Å²) in [6, 6.07) is 12.6. The van der Waals surface area contributed by atoms with Crippen molar-refractivity contribution < 1.29 is 19.2 Å². The van der Waals surface area contributed by atoms with Crippen LogP contribution in [0.1, 0.15) is 12.5 Å². The number of benzene rings is 2. The minimum absolute atomic E-state index is 0.0114. The summed E-state index contributed by atoms with van der Waals surface area (Å²) in [5.41, 5.74) is 2.97. The topological polar surface area (TPSA) is 103 Å². The minimum atomic E-state index is -0.748. The van der Waals surface area contributed by atoms with Gasteiger partial charge in [-0.05, 0) is 48.9 Å². The molecule has 0 radical (unpaired) electrons. The Balaban J connectivity index is 1.86. The lowest BCUT2D eigenvalue weighted by Gasteiger charge is -2.13. The van der Waals surface area contributed by atoms with Gasteiger partial charge in [-0.1, -0.05) is 0 Å². The van der Waals surface area contributed by atoms with Gasteiger partial charge in [0.05, 0.1) is 18.2 Å². The molecule has 0 fully saturated rings. The van der Waals surface area contributed by atoms with Crippen LogP contribution in [-0.4, -0.2) is 30.3 Å². The van der Waals surface area contributed by atoms with E-state index in [1.165, 1.54) is 30.5 Å². The molecule has 8 heteroatoms. The van der Waals surface area contributed by atoms with Crippen LogP contribution in [0.5, 0.6) is 11.5 Å². The first kappa shape index (κ1) is 17.9. The minimum Gasteiger partial charge on any atom is -0.497 e. The van der Waals surface area contributed by atoms with Crippen molar-refractivity contribution >= 4 is 17.8 Å². The number of ether oxygens (including phenoxy) is 2. The van der Waals surface area contributed by atoms with Gasteiger partial charge in [0.2, 0.25) is 0 Å². The fourth-order valence-corrected chi connectivity index (χ4v) is 1.86. The highest BCUT2D eigenvalue weighted by atomic mass is 16.6. The number of hydrazone groups is 1. The number of hydrogen-bond acceptors (Lipinski definition) is 6. The number of nitro groups is 1. The Morgan fingerprint density at radius 1 is 1.16 bits per heavy atom. The molecule has 2 aromatic carbocycles. The third kappa shape index (κ3) is 5.31. The molecule has 0 spiro atoms. The highest BCUT2D eigenvalue weighted by Gasteiger charge is 2.13. The van der Waals surface area contributed by atoms with Gasteiger partial charge in [0.25, 0.3) is 11.6 Å². The fraction of sp³-hybridized carbons (Fsp3) is 0.176. The maximum absolute atomic E-state index is 11.9. The maximum Gasteiger partial charge on any atom is 0.280 e. The molecule has 1 atom stereocenters. The quantitative estimate of drug-likeness (QED) is 0.473. The Hall–Kier alpha value is -3.42. The second-order valence-electron chi connectivity index (χ2n) is 5.02. The van der Waals surface area contributed by atoms with Crippen LogP contribution in [0.2, 0.25) is 0 Å². The summed E-state index contributed by atoms with van der Waals surface area (Å²) in [4.78, 5) is 22.0. The van der Waals surface area contributed by atoms with E-state index >= 15 is 0 Å². The van der Waals surface area contributed by atoms with Crippen molar-refractivity contribution in [2.75, 3.05) is 7.11 Å². The van der Waals surface area contributed by atoms with Crippen LogP contribution in [0, 0.1) is 10.1 Å². The molecule has 1 unspecified atom stereocenters. The molecule has 0 aliphatic carbocycles. The van der Waals surface area contributed by atoms with Crippen molar-refractivity contribution in [3.8, 4) is 11.5 Å². The van der Waals surface area contributed by atoms with Crippen molar-refractivity contribution in [1.82, 2.24) is 5.43 Å². The third-order valence-electron chi connectivity index (χ3n) is 3.23. The van der Waals surface area contributed by atoms with E-state index in [0.29, 0.717) is 17.1 Å². The summed E-state index contributed by atoms with van der Waals surface area (Å²) >= 11 is 0. The lowest BCUT2D eigenvalue weighted by atomic mass is 10.2. The van der Waals surface area contributed by atoms with Gasteiger partial charge < -0.3 is 9.47 Å². The van der Waals surface area contributed by atoms with E-state index in [9.17, 15) is 14.9 Å². The molecule has 2 rings (SSSR count). The van der Waals surface area contributed by atoms with Gasteiger partial charge in [-0.2, -0.15) is 5.10 Å². The molecule has 1 N–H and O–H groups in total. The third-order valence-corrected chi connectivity index (χ3v) is 3.23. The van der Waals surface area contributed by atoms with E-state index in [0.717, 1.165) is 0 Å². The van der Waals surface area contributed by atoms with E-state index in [-0.39, 0.29) is 5.69 Å². The number of carbonyl (C=O) groups excluding carboxylic acids is 1. The average molecular weight is 343 g/mol. The van der Waals surface area contributed by atoms with Crippen molar-refractivity contribution in [3.05, 3.63) is 64.2 Å². The largest absolute Gasteiger partial charge is 0.497 e. The number of rotatable bonds is 7. The summed E-state index contributed by atoms with van der Waals surface area (Å²) in [6.07, 6.45) is 0.643. The van der Waals surface area contributed by atoms with Gasteiger partial charge in [0.15, 0.2) is 6.10 Å². The number of carbonyl (C=O) groups is 1. The highest BCUT2D eigenvalue weighted by molar-refractivity contribution is 5.84. The van der Waals surface area contributed by atoms with Gasteiger partial charge in [0, 0.05) is 12.1 Å². The smallest absolute Gasteiger partial charge is 0.280 e. The van der Waals surface area contributed by atoms with Crippen molar-refractivity contribution in [1.29, 1.82) is 0 Å². The summed E-state index contributed by atoms with van der Waals surface area (Å²) in [7, 11) is 1.56. The summed E-state index contributed by atoms with van der Waals surface area (Å²) in [5, 5.41) is 14.4. The number of nitrogens with zero attached hydrogens (tertiary/aromatic N) is 2. The molecule has 0 saturated heterocycles. The number of methoxy groups -OCH3 is 1. The SMILES string of the molecule is COc1ccc(OC(C)C(=O)NN=Cc2ccc([N+](=O)[O-])cc2)cc1. The zero-order valence-corrected chi connectivity index (χ0v) is 13.7. The maximum atomic E-state index is 11.9. The molecule has 0 saturated carbocycles. The summed E-state index contributed by atoms with van der Waals surface area (Å²) < 4.78 is 10.5. The van der Waals surface area contributed by atoms with E-state index in [1.54, 1.807) is 38.3 Å². The Morgan fingerprint density at radius 3 is 2.32 bits per heavy atom. The van der Waals surface area contributed by atoms with Crippen LogP contribution >= 0.6 is 0 Å². The van der Waals surface area contributed by atoms with Gasteiger partial charge in [-0.25, -0.2) is 5.43 Å². The monoisotopic (exact) mass is 343 g/mol. The molecule has 130 valence electrons. The van der Waals surface area contributed by atoms with Gasteiger partial charge >= 0.3 is 0 Å². The molecule has 0 aliphatic rings. The van der Waals surface area contributed by atoms with Gasteiger partial charge in [0.1, 0.15) is 11.5 Å². The average Bonchev–Trinajstić information content (AvgIpc) is 2.62. The molecule has 0 heterocycles. The molecular weight excluding hydrogens is 326 g/mol. The molecule has 0 bridgehead atoms. The van der Waals surface area contributed by atoms with Crippen molar-refractivity contribution in [3.63, 3.8) is 0 Å². The summed E-state index contributed by atoms with van der Waals surface area (Å²) in [6.45, 7) is 1.60. The Labute approximate surface area is 144 Å². The van der Waals surface area contributed by atoms with Crippen molar-refractivity contribution in [2.45, 2.75) is 13.0 Å². The van der Waals surface area contributed by atoms with Crippen LogP contribution in [-0.2, 0) is 4.79 Å². The van der Waals surface area contributed by atoms with E-state index in [1.807, 2.05) is 0 Å². The van der Waals surface area contributed by atoms with Crippen LogP contribution in [0.4, 0.5) is 5.69 Å². The molecule has 25 heavy (non-hydrogen) atoms. The molecule has 0 aliphatic heterocycles. The van der Waals surface area contributed by atoms with Crippen LogP contribution in [0.3, 0.4) is 0 Å². The number of non-ortho nitro benzene ring substituents is 1. The van der Waals surface area contributed by atoms with E-state index in [2.05, 4.69) is 10.5 Å². The van der Waals surface area contributed by atoms with Crippen molar-refractivity contribution in [2.24, 2.45) is 5.10 Å². The Bertz CT molecular complexity index is 757. The second kappa shape index (κ2) is 8.44. The van der Waals surface area contributed by atoms with E-state index < -0.39 is 16.9 Å². The summed E-state index contributed by atoms with van der Waals surface area (Å²) in [5.74, 6) is 0.800. The fourth-order valence-electron chi connectivity index (χ4n) is 1.86. The number of amides is 1. The predicted molar refractivity (Wildman–Crippen MR) is 91.9 cm³/mol. The Kier molecular flexibility index (Phi) is 6.05. The molecule has 8 nitrogen and oxygen atoms in total. The molecular formula is C17H17N3O5. The number of hydrogen-bond donors (Lipinski definition) is 1. The number of nitro benzene ring substituents is 1. The lowest BCUT2D eigenvalue weighted by molar-refractivity contribution is -0.384. The zero-order valence-electron chi connectivity index (χ0n) is 13.7. The highest BCUT2D eigenvalue weighted by Crippen LogP contribution is 2.18. The first-order valence-electron chi connectivity index (χ1n) is 7.37.